The van der Waals surface area contributed by atoms with Crippen LogP contribution in [0.5, 0.6) is 0 Å². The van der Waals surface area contributed by atoms with Crippen LogP contribution in [0.3, 0.4) is 0 Å². The zero-order valence-electron chi connectivity index (χ0n) is 10.9. The fourth-order valence-corrected chi connectivity index (χ4v) is 1.79. The monoisotopic (exact) mass is 279 g/mol. The van der Waals surface area contributed by atoms with Gasteiger partial charge in [-0.05, 0) is 24.6 Å². The van der Waals surface area contributed by atoms with Crippen LogP contribution in [0.4, 0.5) is 14.9 Å². The predicted octanol–water partition coefficient (Wildman–Crippen LogP) is 1.01. The number of rotatable bonds is 3. The Morgan fingerprint density at radius 1 is 1.45 bits per heavy atom. The van der Waals surface area contributed by atoms with E-state index in [0.717, 1.165) is 0 Å². The van der Waals surface area contributed by atoms with Crippen molar-refractivity contribution in [3.63, 3.8) is 0 Å². The van der Waals surface area contributed by atoms with Gasteiger partial charge in [0.15, 0.2) is 0 Å². The summed E-state index contributed by atoms with van der Waals surface area (Å²) in [6.45, 7) is 1.63. The molecule has 0 aliphatic carbocycles. The molecule has 106 valence electrons. The fourth-order valence-electron chi connectivity index (χ4n) is 1.79. The molecule has 7 heteroatoms. The molecule has 0 atom stereocenters. The van der Waals surface area contributed by atoms with Crippen LogP contribution in [-0.2, 0) is 9.59 Å². The molecule has 1 saturated heterocycles. The summed E-state index contributed by atoms with van der Waals surface area (Å²) < 4.78 is 13.3. The molecule has 2 N–H and O–H groups in total. The van der Waals surface area contributed by atoms with Gasteiger partial charge >= 0.3 is 6.03 Å². The lowest BCUT2D eigenvalue weighted by molar-refractivity contribution is -0.123. The number of imide groups is 1. The standard InChI is InChI=1S/C13H14FN3O3/c1-8-2-3-9(6-10(8)14)15-12(19)7-17-5-4-11(18)16-13(17)20/h2-3,6H,4-5,7H2,1H3,(H,15,19)(H,16,18,20). The van der Waals surface area contributed by atoms with Crippen LogP contribution in [0.25, 0.3) is 0 Å². The number of carbonyl (C=O) groups is 3. The topological polar surface area (TPSA) is 78.5 Å². The molecule has 0 spiro atoms. The first-order chi connectivity index (χ1) is 9.45. The maximum atomic E-state index is 13.3. The fraction of sp³-hybridized carbons (Fsp3) is 0.308. The second-order valence-corrected chi connectivity index (χ2v) is 4.54. The van der Waals surface area contributed by atoms with Gasteiger partial charge in [0.25, 0.3) is 0 Å². The van der Waals surface area contributed by atoms with Crippen molar-refractivity contribution in [3.8, 4) is 0 Å². The van der Waals surface area contributed by atoms with E-state index in [1.165, 1.54) is 11.0 Å². The maximum absolute atomic E-state index is 13.3. The third-order valence-electron chi connectivity index (χ3n) is 2.93. The minimum atomic E-state index is -0.591. The zero-order valence-corrected chi connectivity index (χ0v) is 10.9. The lowest BCUT2D eigenvalue weighted by Gasteiger charge is -2.25. The third kappa shape index (κ3) is 3.31. The summed E-state index contributed by atoms with van der Waals surface area (Å²) >= 11 is 0. The average Bonchev–Trinajstić information content (AvgIpc) is 2.37. The SMILES string of the molecule is Cc1ccc(NC(=O)CN2CCC(=O)NC2=O)cc1F. The number of anilines is 1. The minimum Gasteiger partial charge on any atom is -0.324 e. The summed E-state index contributed by atoms with van der Waals surface area (Å²) in [6.07, 6.45) is 0.165. The van der Waals surface area contributed by atoms with Crippen molar-refractivity contribution in [2.45, 2.75) is 13.3 Å². The first-order valence-corrected chi connectivity index (χ1v) is 6.10. The lowest BCUT2D eigenvalue weighted by Crippen LogP contribution is -2.51. The molecule has 1 aromatic rings. The first kappa shape index (κ1) is 14.0. The highest BCUT2D eigenvalue weighted by molar-refractivity contribution is 6.00. The summed E-state index contributed by atoms with van der Waals surface area (Å²) in [5, 5.41) is 4.63. The van der Waals surface area contributed by atoms with Gasteiger partial charge in [0.05, 0.1) is 0 Å². The molecule has 20 heavy (non-hydrogen) atoms. The van der Waals surface area contributed by atoms with E-state index in [0.29, 0.717) is 11.3 Å². The second-order valence-electron chi connectivity index (χ2n) is 4.54. The molecule has 0 bridgehead atoms. The van der Waals surface area contributed by atoms with Gasteiger partial charge in [0.2, 0.25) is 11.8 Å². The van der Waals surface area contributed by atoms with E-state index in [1.54, 1.807) is 19.1 Å². The molecule has 6 nitrogen and oxygen atoms in total. The van der Waals surface area contributed by atoms with Crippen LogP contribution < -0.4 is 10.6 Å². The van der Waals surface area contributed by atoms with E-state index >= 15 is 0 Å². The Labute approximate surface area is 114 Å². The normalized spacial score (nSPS) is 15.0. The van der Waals surface area contributed by atoms with Crippen molar-refractivity contribution in [2.75, 3.05) is 18.4 Å². The van der Waals surface area contributed by atoms with Crippen molar-refractivity contribution in [1.29, 1.82) is 0 Å². The van der Waals surface area contributed by atoms with Gasteiger partial charge in [-0.1, -0.05) is 6.07 Å². The number of nitrogens with one attached hydrogen (secondary N) is 2. The van der Waals surface area contributed by atoms with E-state index in [4.69, 9.17) is 0 Å². The largest absolute Gasteiger partial charge is 0.324 e. The Morgan fingerprint density at radius 2 is 2.20 bits per heavy atom. The number of urea groups is 1. The summed E-state index contributed by atoms with van der Waals surface area (Å²) in [5.74, 6) is -1.21. The minimum absolute atomic E-state index is 0.165. The highest BCUT2D eigenvalue weighted by Crippen LogP contribution is 2.13. The number of carbonyl (C=O) groups excluding carboxylic acids is 3. The van der Waals surface area contributed by atoms with Crippen molar-refractivity contribution >= 4 is 23.5 Å². The molecule has 0 radical (unpaired) electrons. The van der Waals surface area contributed by atoms with Gasteiger partial charge in [-0.2, -0.15) is 0 Å². The summed E-state index contributed by atoms with van der Waals surface area (Å²) in [4.78, 5) is 35.4. The molecule has 0 unspecified atom stereocenters. The molecule has 0 saturated carbocycles. The number of halogens is 1. The Balaban J connectivity index is 1.93. The van der Waals surface area contributed by atoms with Gasteiger partial charge in [-0.3, -0.25) is 14.9 Å². The van der Waals surface area contributed by atoms with Crippen LogP contribution in [-0.4, -0.2) is 35.8 Å². The molecule has 4 amide bonds. The van der Waals surface area contributed by atoms with E-state index in [2.05, 4.69) is 10.6 Å². The molecular formula is C13H14FN3O3. The van der Waals surface area contributed by atoms with Crippen molar-refractivity contribution in [3.05, 3.63) is 29.6 Å². The van der Waals surface area contributed by atoms with Crippen molar-refractivity contribution in [1.82, 2.24) is 10.2 Å². The number of aryl methyl sites for hydroxylation is 1. The van der Waals surface area contributed by atoms with Crippen LogP contribution in [0.2, 0.25) is 0 Å². The Hall–Kier alpha value is -2.44. The Morgan fingerprint density at radius 3 is 2.85 bits per heavy atom. The van der Waals surface area contributed by atoms with Gasteiger partial charge in [0.1, 0.15) is 12.4 Å². The van der Waals surface area contributed by atoms with E-state index in [-0.39, 0.29) is 25.4 Å². The predicted molar refractivity (Wildman–Crippen MR) is 69.5 cm³/mol. The van der Waals surface area contributed by atoms with Crippen LogP contribution in [0.1, 0.15) is 12.0 Å². The van der Waals surface area contributed by atoms with Crippen LogP contribution in [0, 0.1) is 12.7 Å². The molecule has 1 fully saturated rings. The van der Waals surface area contributed by atoms with Gasteiger partial charge < -0.3 is 10.2 Å². The van der Waals surface area contributed by atoms with Crippen molar-refractivity contribution in [2.24, 2.45) is 0 Å². The summed E-state index contributed by atoms with van der Waals surface area (Å²) in [6, 6.07) is 3.76. The molecular weight excluding hydrogens is 265 g/mol. The summed E-state index contributed by atoms with van der Waals surface area (Å²) in [7, 11) is 0. The van der Waals surface area contributed by atoms with Crippen LogP contribution in [0.15, 0.2) is 18.2 Å². The molecule has 1 heterocycles. The highest BCUT2D eigenvalue weighted by Gasteiger charge is 2.24. The molecule has 1 aliphatic rings. The first-order valence-electron chi connectivity index (χ1n) is 6.10. The van der Waals surface area contributed by atoms with E-state index < -0.39 is 17.8 Å². The highest BCUT2D eigenvalue weighted by atomic mass is 19.1. The van der Waals surface area contributed by atoms with Gasteiger partial charge in [-0.15, -0.1) is 0 Å². The number of benzene rings is 1. The Bertz CT molecular complexity index is 574. The molecule has 1 aromatic carbocycles. The van der Waals surface area contributed by atoms with E-state index in [9.17, 15) is 18.8 Å². The Kier molecular flexibility index (Phi) is 3.97. The summed E-state index contributed by atoms with van der Waals surface area (Å²) in [5.41, 5.74) is 0.809. The quantitative estimate of drug-likeness (QED) is 0.867. The van der Waals surface area contributed by atoms with E-state index in [1.807, 2.05) is 0 Å². The molecule has 1 aliphatic heterocycles. The number of hydrogen-bond donors (Lipinski definition) is 2. The smallest absolute Gasteiger partial charge is 0.324 e. The lowest BCUT2D eigenvalue weighted by atomic mass is 10.2. The molecule has 0 aromatic heterocycles. The average molecular weight is 279 g/mol. The van der Waals surface area contributed by atoms with Gasteiger partial charge in [0, 0.05) is 18.7 Å². The van der Waals surface area contributed by atoms with Gasteiger partial charge in [-0.25, -0.2) is 9.18 Å². The number of amides is 4. The second kappa shape index (κ2) is 5.68. The van der Waals surface area contributed by atoms with Crippen molar-refractivity contribution < 1.29 is 18.8 Å². The molecule has 2 rings (SSSR count). The maximum Gasteiger partial charge on any atom is 0.324 e. The van der Waals surface area contributed by atoms with Crippen LogP contribution >= 0.6 is 0 Å². The third-order valence-corrected chi connectivity index (χ3v) is 2.93. The number of hydrogen-bond acceptors (Lipinski definition) is 3. The zero-order chi connectivity index (χ0) is 14.7. The number of nitrogens with zero attached hydrogens (tertiary/aromatic N) is 1.